The molecule has 0 N–H and O–H groups in total. The molecule has 0 aromatic heterocycles. The van der Waals surface area contributed by atoms with E-state index in [4.69, 9.17) is 0 Å². The van der Waals surface area contributed by atoms with Gasteiger partial charge >= 0.3 is 0 Å². The van der Waals surface area contributed by atoms with Gasteiger partial charge in [-0.15, -0.1) is 0 Å². The first-order valence-corrected chi connectivity index (χ1v) is 10.3. The number of fused-ring (bicyclic) bond motifs is 1. The van der Waals surface area contributed by atoms with E-state index in [-0.39, 0.29) is 0 Å². The van der Waals surface area contributed by atoms with Gasteiger partial charge in [-0.25, -0.2) is 0 Å². The van der Waals surface area contributed by atoms with E-state index in [9.17, 15) is 0 Å². The number of rotatable bonds is 7. The van der Waals surface area contributed by atoms with E-state index >= 15 is 0 Å². The number of benzene rings is 1. The fourth-order valence-electron chi connectivity index (χ4n) is 4.22. The maximum Gasteiger partial charge on any atom is -0.0100 e. The summed E-state index contributed by atoms with van der Waals surface area (Å²) in [5.74, 6) is 1.70. The van der Waals surface area contributed by atoms with Crippen LogP contribution in [0.15, 0.2) is 18.2 Å². The molecule has 0 amide bonds. The van der Waals surface area contributed by atoms with Crippen molar-refractivity contribution in [3.63, 3.8) is 0 Å². The molecule has 1 unspecified atom stereocenters. The molecular formula is C24H40. The average Bonchev–Trinajstić information content (AvgIpc) is 2.49. The number of hydrogen-bond donors (Lipinski definition) is 0. The van der Waals surface area contributed by atoms with Crippen LogP contribution in [0.5, 0.6) is 0 Å². The van der Waals surface area contributed by atoms with Crippen molar-refractivity contribution in [1.82, 2.24) is 0 Å². The summed E-state index contributed by atoms with van der Waals surface area (Å²) >= 11 is 0. The van der Waals surface area contributed by atoms with Gasteiger partial charge in [0, 0.05) is 0 Å². The van der Waals surface area contributed by atoms with Crippen LogP contribution in [0.4, 0.5) is 0 Å². The van der Waals surface area contributed by atoms with Crippen LogP contribution in [0.25, 0.3) is 0 Å². The van der Waals surface area contributed by atoms with E-state index < -0.39 is 0 Å². The second-order valence-electron chi connectivity index (χ2n) is 10.1. The van der Waals surface area contributed by atoms with Crippen molar-refractivity contribution >= 4 is 0 Å². The summed E-state index contributed by atoms with van der Waals surface area (Å²) in [5.41, 5.74) is 5.43. The standard InChI is InChI=1S/C24H40/c1-18(2)9-8-10-19(3)11-12-20-13-14-21-22(17-20)24(6,7)16-15-23(21,4)5/h13-14,17-19H,8-12,15-16H2,1-7H3. The summed E-state index contributed by atoms with van der Waals surface area (Å²) in [5, 5.41) is 0. The minimum atomic E-state index is 0.337. The molecule has 0 nitrogen and oxygen atoms in total. The summed E-state index contributed by atoms with van der Waals surface area (Å²) in [6.45, 7) is 16.8. The lowest BCUT2D eigenvalue weighted by molar-refractivity contribution is 0.331. The molecule has 0 radical (unpaired) electrons. The Morgan fingerprint density at radius 2 is 1.46 bits per heavy atom. The van der Waals surface area contributed by atoms with Crippen LogP contribution in [-0.2, 0) is 17.3 Å². The molecule has 136 valence electrons. The minimum absolute atomic E-state index is 0.337. The molecule has 0 saturated heterocycles. The van der Waals surface area contributed by atoms with Crippen LogP contribution in [0.1, 0.15) is 104 Å². The van der Waals surface area contributed by atoms with Gasteiger partial charge in [0.05, 0.1) is 0 Å². The van der Waals surface area contributed by atoms with Gasteiger partial charge in [-0.1, -0.05) is 85.9 Å². The van der Waals surface area contributed by atoms with Crippen LogP contribution in [0.3, 0.4) is 0 Å². The molecule has 1 aromatic rings. The largest absolute Gasteiger partial charge is 0.0628 e. The molecule has 1 aliphatic carbocycles. The Labute approximate surface area is 151 Å². The lowest BCUT2D eigenvalue weighted by Crippen LogP contribution is -2.33. The zero-order valence-electron chi connectivity index (χ0n) is 17.3. The molecule has 0 saturated carbocycles. The predicted octanol–water partition coefficient (Wildman–Crippen LogP) is 7.43. The summed E-state index contributed by atoms with van der Waals surface area (Å²) in [4.78, 5) is 0. The van der Waals surface area contributed by atoms with Gasteiger partial charge in [0.1, 0.15) is 0 Å². The molecule has 0 fully saturated rings. The van der Waals surface area contributed by atoms with Crippen molar-refractivity contribution < 1.29 is 0 Å². The van der Waals surface area contributed by atoms with Gasteiger partial charge in [-0.2, -0.15) is 0 Å². The van der Waals surface area contributed by atoms with Gasteiger partial charge in [0.15, 0.2) is 0 Å². The average molecular weight is 329 g/mol. The molecule has 2 rings (SSSR count). The second-order valence-corrected chi connectivity index (χ2v) is 10.1. The molecule has 0 spiro atoms. The van der Waals surface area contributed by atoms with Crippen molar-refractivity contribution in [3.05, 3.63) is 34.9 Å². The topological polar surface area (TPSA) is 0 Å². The zero-order valence-corrected chi connectivity index (χ0v) is 17.3. The molecule has 0 heterocycles. The fraction of sp³-hybridized carbons (Fsp3) is 0.750. The Morgan fingerprint density at radius 3 is 2.08 bits per heavy atom. The van der Waals surface area contributed by atoms with Gasteiger partial charge in [-0.3, -0.25) is 0 Å². The molecule has 0 bridgehead atoms. The Balaban J connectivity index is 2.01. The number of aryl methyl sites for hydroxylation is 1. The Kier molecular flexibility index (Phi) is 6.21. The van der Waals surface area contributed by atoms with Crippen molar-refractivity contribution in [2.45, 2.75) is 104 Å². The first-order valence-electron chi connectivity index (χ1n) is 10.3. The van der Waals surface area contributed by atoms with E-state index in [1.54, 1.807) is 16.7 Å². The molecule has 0 aliphatic heterocycles. The lowest BCUT2D eigenvalue weighted by Gasteiger charge is -2.42. The lowest BCUT2D eigenvalue weighted by atomic mass is 9.63. The highest BCUT2D eigenvalue weighted by Gasteiger charge is 2.36. The first kappa shape index (κ1) is 19.5. The SMILES string of the molecule is CC(C)CCCC(C)CCc1ccc2c(c1)C(C)(C)CCC2(C)C. The number of hydrogen-bond acceptors (Lipinski definition) is 0. The normalized spacial score (nSPS) is 20.0. The van der Waals surface area contributed by atoms with Crippen LogP contribution < -0.4 is 0 Å². The molecular weight excluding hydrogens is 288 g/mol. The highest BCUT2D eigenvalue weighted by Crippen LogP contribution is 2.46. The zero-order chi connectivity index (χ0) is 18.0. The Morgan fingerprint density at radius 1 is 0.833 bits per heavy atom. The van der Waals surface area contributed by atoms with Gasteiger partial charge < -0.3 is 0 Å². The monoisotopic (exact) mass is 328 g/mol. The second kappa shape index (κ2) is 7.63. The third kappa shape index (κ3) is 4.87. The molecule has 24 heavy (non-hydrogen) atoms. The van der Waals surface area contributed by atoms with Gasteiger partial charge in [-0.05, 0) is 65.0 Å². The minimum Gasteiger partial charge on any atom is -0.0628 e. The summed E-state index contributed by atoms with van der Waals surface area (Å²) < 4.78 is 0. The summed E-state index contributed by atoms with van der Waals surface area (Å²) in [6, 6.07) is 7.38. The predicted molar refractivity (Wildman–Crippen MR) is 108 cm³/mol. The molecule has 1 aromatic carbocycles. The van der Waals surface area contributed by atoms with E-state index in [0.717, 1.165) is 11.8 Å². The van der Waals surface area contributed by atoms with Crippen molar-refractivity contribution in [3.8, 4) is 0 Å². The smallest absolute Gasteiger partial charge is 0.0100 e. The van der Waals surface area contributed by atoms with E-state index in [0.29, 0.717) is 10.8 Å². The van der Waals surface area contributed by atoms with Crippen molar-refractivity contribution in [2.75, 3.05) is 0 Å². The third-order valence-electron chi connectivity index (χ3n) is 6.32. The van der Waals surface area contributed by atoms with E-state index in [2.05, 4.69) is 66.7 Å². The molecule has 1 atom stereocenters. The van der Waals surface area contributed by atoms with Gasteiger partial charge in [0.25, 0.3) is 0 Å². The fourth-order valence-corrected chi connectivity index (χ4v) is 4.22. The maximum atomic E-state index is 2.54. The molecule has 1 aliphatic rings. The maximum absolute atomic E-state index is 2.54. The highest BCUT2D eigenvalue weighted by atomic mass is 14.4. The third-order valence-corrected chi connectivity index (χ3v) is 6.32. The van der Waals surface area contributed by atoms with E-state index in [1.165, 1.54) is 44.9 Å². The van der Waals surface area contributed by atoms with Crippen LogP contribution in [0.2, 0.25) is 0 Å². The summed E-state index contributed by atoms with van der Waals surface area (Å²) in [6.07, 6.45) is 9.35. The summed E-state index contributed by atoms with van der Waals surface area (Å²) in [7, 11) is 0. The highest BCUT2D eigenvalue weighted by molar-refractivity contribution is 5.43. The van der Waals surface area contributed by atoms with Crippen molar-refractivity contribution in [1.29, 1.82) is 0 Å². The quantitative estimate of drug-likeness (QED) is 0.488. The molecule has 0 heteroatoms. The van der Waals surface area contributed by atoms with E-state index in [1.807, 2.05) is 0 Å². The van der Waals surface area contributed by atoms with Crippen LogP contribution in [-0.4, -0.2) is 0 Å². The Hall–Kier alpha value is -0.780. The van der Waals surface area contributed by atoms with Crippen molar-refractivity contribution in [2.24, 2.45) is 11.8 Å². The van der Waals surface area contributed by atoms with Gasteiger partial charge in [0.2, 0.25) is 0 Å². The van der Waals surface area contributed by atoms with Crippen LogP contribution >= 0.6 is 0 Å². The Bertz CT molecular complexity index is 533. The first-order chi connectivity index (χ1) is 11.1. The van der Waals surface area contributed by atoms with Crippen LogP contribution in [0, 0.1) is 11.8 Å².